The van der Waals surface area contributed by atoms with Gasteiger partial charge in [-0.2, -0.15) is 4.98 Å². The second kappa shape index (κ2) is 9.82. The number of ketones is 1. The molecule has 1 N–H and O–H groups in total. The number of carbonyl (C=O) groups is 2. The second-order valence-corrected chi connectivity index (χ2v) is 6.72. The summed E-state index contributed by atoms with van der Waals surface area (Å²) in [5.41, 5.74) is 1.97. The van der Waals surface area contributed by atoms with E-state index in [0.29, 0.717) is 28.2 Å². The number of aromatic nitrogens is 2. The van der Waals surface area contributed by atoms with Crippen molar-refractivity contribution in [2.24, 2.45) is 0 Å². The predicted molar refractivity (Wildman–Crippen MR) is 120 cm³/mol. The number of hydrogen-bond acceptors (Lipinski definition) is 8. The van der Waals surface area contributed by atoms with E-state index in [1.165, 1.54) is 58.9 Å². The first-order chi connectivity index (χ1) is 15.8. The molecule has 0 aliphatic rings. The third-order valence-corrected chi connectivity index (χ3v) is 4.91. The van der Waals surface area contributed by atoms with Crippen LogP contribution >= 0.6 is 0 Å². The van der Waals surface area contributed by atoms with Crippen LogP contribution in [-0.2, 0) is 0 Å². The number of nitrogens with zero attached hydrogens (tertiary/aromatic N) is 2. The number of allylic oxidation sites excluding steroid dienone is 1. The Morgan fingerprint density at radius 2 is 1.48 bits per heavy atom. The predicted octanol–water partition coefficient (Wildman–Crippen LogP) is 3.77. The van der Waals surface area contributed by atoms with Crippen molar-refractivity contribution in [3.8, 4) is 34.5 Å². The van der Waals surface area contributed by atoms with Gasteiger partial charge in [-0.1, -0.05) is 18.7 Å². The van der Waals surface area contributed by atoms with Crippen LogP contribution in [-0.4, -0.2) is 55.3 Å². The van der Waals surface area contributed by atoms with Crippen molar-refractivity contribution < 1.29 is 33.6 Å². The van der Waals surface area contributed by atoms with E-state index in [1.807, 2.05) is 0 Å². The number of benzene rings is 2. The molecule has 0 atom stereocenters. The quantitative estimate of drug-likeness (QED) is 0.384. The Hall–Kier alpha value is -4.40. The second-order valence-electron chi connectivity index (χ2n) is 6.72. The molecule has 0 aliphatic heterocycles. The number of methoxy groups -OCH3 is 4. The van der Waals surface area contributed by atoms with Gasteiger partial charge in [-0.05, 0) is 18.2 Å². The number of Topliss-reactive ketones (excluding diaryl/α,β-unsaturated/α-hetero) is 1. The number of ether oxygens (including phenoxy) is 4. The highest BCUT2D eigenvalue weighted by molar-refractivity contribution is 6.29. The minimum Gasteiger partial charge on any atom is -0.496 e. The lowest BCUT2D eigenvalue weighted by Crippen LogP contribution is -2.06. The third-order valence-electron chi connectivity index (χ3n) is 4.91. The van der Waals surface area contributed by atoms with Crippen LogP contribution in [0, 0.1) is 0 Å². The molecule has 0 saturated carbocycles. The first-order valence-electron chi connectivity index (χ1n) is 9.63. The van der Waals surface area contributed by atoms with Crippen molar-refractivity contribution in [1.82, 2.24) is 9.97 Å². The summed E-state index contributed by atoms with van der Waals surface area (Å²) in [6, 6.07) is 9.03. The van der Waals surface area contributed by atoms with Crippen LogP contribution in [0.1, 0.15) is 26.3 Å². The fourth-order valence-electron chi connectivity index (χ4n) is 3.20. The topological polar surface area (TPSA) is 117 Å². The first kappa shape index (κ1) is 23.3. The SMILES string of the molecule is C=C(C(=O)c1ccc(C(=O)O)cc1)c1cc(-c2cnc(OC)nc2OC)c(OC)cc1OC. The molecular formula is C24H22N2O7. The fourth-order valence-corrected chi connectivity index (χ4v) is 3.20. The van der Waals surface area contributed by atoms with E-state index >= 15 is 0 Å². The van der Waals surface area contributed by atoms with E-state index in [-0.39, 0.29) is 34.4 Å². The molecule has 2 aromatic carbocycles. The highest BCUT2D eigenvalue weighted by Crippen LogP contribution is 2.41. The molecule has 0 bridgehead atoms. The Bertz CT molecular complexity index is 1220. The fraction of sp³-hybridized carbons (Fsp3) is 0.167. The molecule has 0 spiro atoms. The van der Waals surface area contributed by atoms with Gasteiger partial charge in [-0.3, -0.25) is 4.79 Å². The van der Waals surface area contributed by atoms with Crippen LogP contribution < -0.4 is 18.9 Å². The number of aromatic carboxylic acids is 1. The summed E-state index contributed by atoms with van der Waals surface area (Å²) < 4.78 is 21.4. The minimum atomic E-state index is -1.08. The van der Waals surface area contributed by atoms with E-state index in [4.69, 9.17) is 24.1 Å². The molecule has 9 nitrogen and oxygen atoms in total. The Labute approximate surface area is 190 Å². The number of carbonyl (C=O) groups excluding carboxylic acids is 1. The van der Waals surface area contributed by atoms with Gasteiger partial charge in [0, 0.05) is 34.5 Å². The average Bonchev–Trinajstić information content (AvgIpc) is 2.86. The summed E-state index contributed by atoms with van der Waals surface area (Å²) in [7, 11) is 5.87. The largest absolute Gasteiger partial charge is 0.496 e. The number of carboxylic acid groups (broad SMARTS) is 1. The van der Waals surface area contributed by atoms with Crippen LogP contribution in [0.15, 0.2) is 49.2 Å². The van der Waals surface area contributed by atoms with Gasteiger partial charge >= 0.3 is 12.0 Å². The monoisotopic (exact) mass is 450 g/mol. The molecule has 0 saturated heterocycles. The Balaban J connectivity index is 2.11. The number of rotatable bonds is 9. The average molecular weight is 450 g/mol. The first-order valence-corrected chi connectivity index (χ1v) is 9.63. The summed E-state index contributed by atoms with van der Waals surface area (Å²) in [5, 5.41) is 9.07. The lowest BCUT2D eigenvalue weighted by Gasteiger charge is -2.17. The molecule has 0 fully saturated rings. The smallest absolute Gasteiger partial charge is 0.335 e. The van der Waals surface area contributed by atoms with E-state index < -0.39 is 5.97 Å². The van der Waals surface area contributed by atoms with Crippen molar-refractivity contribution in [3.05, 3.63) is 65.9 Å². The minimum absolute atomic E-state index is 0.0769. The van der Waals surface area contributed by atoms with Crippen molar-refractivity contribution in [1.29, 1.82) is 0 Å². The molecule has 9 heteroatoms. The van der Waals surface area contributed by atoms with E-state index in [9.17, 15) is 9.59 Å². The highest BCUT2D eigenvalue weighted by atomic mass is 16.5. The summed E-state index contributed by atoms with van der Waals surface area (Å²) in [5.74, 6) is -0.417. The lowest BCUT2D eigenvalue weighted by molar-refractivity contribution is 0.0696. The van der Waals surface area contributed by atoms with Gasteiger partial charge in [-0.15, -0.1) is 0 Å². The van der Waals surface area contributed by atoms with Gasteiger partial charge in [0.05, 0.1) is 39.6 Å². The van der Waals surface area contributed by atoms with Crippen molar-refractivity contribution in [2.45, 2.75) is 0 Å². The molecule has 3 aromatic rings. The van der Waals surface area contributed by atoms with Crippen LogP contribution in [0.2, 0.25) is 0 Å². The molecule has 1 aromatic heterocycles. The lowest BCUT2D eigenvalue weighted by atomic mass is 9.93. The van der Waals surface area contributed by atoms with E-state index in [1.54, 1.807) is 12.1 Å². The molecule has 3 rings (SSSR count). The summed E-state index contributed by atoms with van der Waals surface area (Å²) in [6.07, 6.45) is 1.52. The standard InChI is InChI=1S/C24H22N2O7/c1-13(21(27)14-6-8-15(9-7-14)23(28)29)16-10-17(20(31-3)11-19(16)30-2)18-12-25-24(33-5)26-22(18)32-4/h6-12H,1H2,2-5H3,(H,28,29). The van der Waals surface area contributed by atoms with Crippen molar-refractivity contribution in [3.63, 3.8) is 0 Å². The Kier molecular flexibility index (Phi) is 6.92. The maximum Gasteiger partial charge on any atom is 0.335 e. The van der Waals surface area contributed by atoms with Gasteiger partial charge in [0.1, 0.15) is 11.5 Å². The van der Waals surface area contributed by atoms with Gasteiger partial charge in [0.25, 0.3) is 0 Å². The normalized spacial score (nSPS) is 10.3. The maximum absolute atomic E-state index is 13.1. The zero-order chi connectivity index (χ0) is 24.1. The number of hydrogen-bond donors (Lipinski definition) is 1. The molecule has 0 radical (unpaired) electrons. The molecule has 0 unspecified atom stereocenters. The van der Waals surface area contributed by atoms with Crippen molar-refractivity contribution in [2.75, 3.05) is 28.4 Å². The molecule has 0 amide bonds. The zero-order valence-corrected chi connectivity index (χ0v) is 18.5. The molecular weight excluding hydrogens is 428 g/mol. The van der Waals surface area contributed by atoms with E-state index in [0.717, 1.165) is 0 Å². The molecule has 0 aliphatic carbocycles. The van der Waals surface area contributed by atoms with Crippen LogP contribution in [0.3, 0.4) is 0 Å². The molecule has 1 heterocycles. The zero-order valence-electron chi connectivity index (χ0n) is 18.5. The van der Waals surface area contributed by atoms with Crippen molar-refractivity contribution >= 4 is 17.3 Å². The van der Waals surface area contributed by atoms with Gasteiger partial charge in [0.2, 0.25) is 5.88 Å². The molecule has 33 heavy (non-hydrogen) atoms. The van der Waals surface area contributed by atoms with Gasteiger partial charge < -0.3 is 24.1 Å². The van der Waals surface area contributed by atoms with Crippen LogP contribution in [0.4, 0.5) is 0 Å². The third kappa shape index (κ3) is 4.62. The summed E-state index contributed by atoms with van der Waals surface area (Å²) in [6.45, 7) is 3.96. The summed E-state index contributed by atoms with van der Waals surface area (Å²) in [4.78, 5) is 32.5. The van der Waals surface area contributed by atoms with E-state index in [2.05, 4.69) is 16.5 Å². The van der Waals surface area contributed by atoms with Gasteiger partial charge in [0.15, 0.2) is 5.78 Å². The van der Waals surface area contributed by atoms with Crippen LogP contribution in [0.5, 0.6) is 23.4 Å². The highest BCUT2D eigenvalue weighted by Gasteiger charge is 2.22. The maximum atomic E-state index is 13.1. The summed E-state index contributed by atoms with van der Waals surface area (Å²) >= 11 is 0. The molecule has 170 valence electrons. The Morgan fingerprint density at radius 1 is 0.848 bits per heavy atom. The Morgan fingerprint density at radius 3 is 2.03 bits per heavy atom. The van der Waals surface area contributed by atoms with Crippen LogP contribution in [0.25, 0.3) is 16.7 Å². The van der Waals surface area contributed by atoms with Gasteiger partial charge in [-0.25, -0.2) is 9.78 Å². The number of carboxylic acids is 1.